The second-order valence-corrected chi connectivity index (χ2v) is 5.54. The van der Waals surface area contributed by atoms with Gasteiger partial charge < -0.3 is 0 Å². The van der Waals surface area contributed by atoms with Crippen LogP contribution in [0.2, 0.25) is 0 Å². The minimum atomic E-state index is 0.509. The van der Waals surface area contributed by atoms with Gasteiger partial charge in [-0.15, -0.1) is 0 Å². The monoisotopic (exact) mass is 263 g/mol. The van der Waals surface area contributed by atoms with E-state index in [2.05, 4.69) is 42.5 Å². The van der Waals surface area contributed by atoms with E-state index < -0.39 is 0 Å². The second kappa shape index (κ2) is 5.01. The number of benzene rings is 2. The van der Waals surface area contributed by atoms with Crippen LogP contribution in [0.3, 0.4) is 0 Å². The molecule has 0 heterocycles. The summed E-state index contributed by atoms with van der Waals surface area (Å²) >= 11 is 0.509. The summed E-state index contributed by atoms with van der Waals surface area (Å²) in [4.78, 5) is 0. The molecule has 0 saturated heterocycles. The minimum absolute atomic E-state index is 0.509. The van der Waals surface area contributed by atoms with Crippen molar-refractivity contribution in [1.29, 1.82) is 0 Å². The van der Waals surface area contributed by atoms with Crippen molar-refractivity contribution in [3.63, 3.8) is 0 Å². The van der Waals surface area contributed by atoms with Crippen LogP contribution in [0.4, 0.5) is 5.69 Å². The molecule has 0 aliphatic carbocycles. The van der Waals surface area contributed by atoms with Crippen LogP contribution in [-0.2, 0) is 5.32 Å². The summed E-state index contributed by atoms with van der Waals surface area (Å²) in [6.45, 7) is 0. The van der Waals surface area contributed by atoms with Crippen LogP contribution in [0.25, 0.3) is 0 Å². The first-order chi connectivity index (χ1) is 7.34. The van der Waals surface area contributed by atoms with E-state index in [0.717, 1.165) is 11.0 Å². The van der Waals surface area contributed by atoms with Gasteiger partial charge in [0.1, 0.15) is 0 Å². The number of hydrogen-bond acceptors (Lipinski definition) is 1. The zero-order valence-corrected chi connectivity index (χ0v) is 10.1. The van der Waals surface area contributed by atoms with E-state index in [-0.39, 0.29) is 0 Å². The third kappa shape index (κ3) is 3.12. The van der Waals surface area contributed by atoms with Gasteiger partial charge in [-0.05, 0) is 0 Å². The van der Waals surface area contributed by atoms with Crippen LogP contribution in [-0.4, -0.2) is 15.0 Å². The summed E-state index contributed by atoms with van der Waals surface area (Å²) in [5.74, 6) is 0. The zero-order valence-electron chi connectivity index (χ0n) is 8.39. The third-order valence-corrected chi connectivity index (χ3v) is 4.40. The SMILES string of the molecule is Nc1ccc([Se]Cc2ccccc2)cc1. The molecule has 0 aliphatic heterocycles. The molecule has 2 aromatic carbocycles. The average molecular weight is 262 g/mol. The Morgan fingerprint density at radius 3 is 2.20 bits per heavy atom. The fourth-order valence-corrected chi connectivity index (χ4v) is 3.10. The second-order valence-electron chi connectivity index (χ2n) is 3.34. The zero-order chi connectivity index (χ0) is 10.5. The van der Waals surface area contributed by atoms with Crippen LogP contribution < -0.4 is 10.2 Å². The van der Waals surface area contributed by atoms with Gasteiger partial charge in [-0.25, -0.2) is 0 Å². The van der Waals surface area contributed by atoms with Gasteiger partial charge in [-0.2, -0.15) is 0 Å². The molecule has 0 spiro atoms. The summed E-state index contributed by atoms with van der Waals surface area (Å²) in [6, 6.07) is 18.8. The summed E-state index contributed by atoms with van der Waals surface area (Å²) in [6.07, 6.45) is 0. The normalized spacial score (nSPS) is 10.1. The van der Waals surface area contributed by atoms with E-state index in [1.165, 1.54) is 10.0 Å². The Hall–Kier alpha value is -1.24. The van der Waals surface area contributed by atoms with Crippen LogP contribution in [0.5, 0.6) is 0 Å². The summed E-state index contributed by atoms with van der Waals surface area (Å²) in [7, 11) is 0. The van der Waals surface area contributed by atoms with Crippen molar-refractivity contribution in [2.45, 2.75) is 5.32 Å². The molecular formula is C13H13NSe. The number of hydrogen-bond donors (Lipinski definition) is 1. The Balaban J connectivity index is 1.96. The summed E-state index contributed by atoms with van der Waals surface area (Å²) in [5.41, 5.74) is 7.89. The quantitative estimate of drug-likeness (QED) is 0.662. The van der Waals surface area contributed by atoms with E-state index in [0.29, 0.717) is 15.0 Å². The van der Waals surface area contributed by atoms with Crippen molar-refractivity contribution >= 4 is 25.1 Å². The first-order valence-corrected chi connectivity index (χ1v) is 6.93. The Bertz CT molecular complexity index is 408. The molecule has 0 saturated carbocycles. The molecule has 76 valence electrons. The summed E-state index contributed by atoms with van der Waals surface area (Å²) < 4.78 is 1.40. The molecule has 0 atom stereocenters. The van der Waals surface area contributed by atoms with Crippen LogP contribution in [0.15, 0.2) is 54.6 Å². The van der Waals surface area contributed by atoms with Gasteiger partial charge in [0.05, 0.1) is 0 Å². The Morgan fingerprint density at radius 2 is 1.53 bits per heavy atom. The summed E-state index contributed by atoms with van der Waals surface area (Å²) in [5, 5.41) is 1.15. The topological polar surface area (TPSA) is 26.0 Å². The molecule has 15 heavy (non-hydrogen) atoms. The molecular weight excluding hydrogens is 249 g/mol. The molecule has 0 unspecified atom stereocenters. The number of rotatable bonds is 3. The Kier molecular flexibility index (Phi) is 3.44. The van der Waals surface area contributed by atoms with Crippen molar-refractivity contribution in [1.82, 2.24) is 0 Å². The molecule has 0 bridgehead atoms. The van der Waals surface area contributed by atoms with Crippen LogP contribution in [0.1, 0.15) is 5.56 Å². The predicted molar refractivity (Wildman–Crippen MR) is 66.4 cm³/mol. The predicted octanol–water partition coefficient (Wildman–Crippen LogP) is 1.80. The Morgan fingerprint density at radius 1 is 0.867 bits per heavy atom. The van der Waals surface area contributed by atoms with Crippen LogP contribution in [0, 0.1) is 0 Å². The van der Waals surface area contributed by atoms with Gasteiger partial charge in [0, 0.05) is 0 Å². The van der Waals surface area contributed by atoms with E-state index >= 15 is 0 Å². The van der Waals surface area contributed by atoms with Gasteiger partial charge in [0.15, 0.2) is 0 Å². The van der Waals surface area contributed by atoms with Gasteiger partial charge in [-0.1, -0.05) is 0 Å². The van der Waals surface area contributed by atoms with E-state index in [9.17, 15) is 0 Å². The maximum absolute atomic E-state index is 5.64. The maximum atomic E-state index is 5.64. The van der Waals surface area contributed by atoms with E-state index in [4.69, 9.17) is 5.73 Å². The van der Waals surface area contributed by atoms with Gasteiger partial charge in [-0.3, -0.25) is 0 Å². The van der Waals surface area contributed by atoms with Gasteiger partial charge in [0.25, 0.3) is 0 Å². The van der Waals surface area contributed by atoms with Crippen molar-refractivity contribution in [3.05, 3.63) is 60.2 Å². The Labute approximate surface area is 96.5 Å². The fourth-order valence-electron chi connectivity index (χ4n) is 1.30. The van der Waals surface area contributed by atoms with Crippen molar-refractivity contribution in [2.24, 2.45) is 0 Å². The number of nitrogens with two attached hydrogens (primary N) is 1. The molecule has 2 N–H and O–H groups in total. The molecule has 0 fully saturated rings. The molecule has 0 amide bonds. The van der Waals surface area contributed by atoms with E-state index in [1.54, 1.807) is 0 Å². The van der Waals surface area contributed by atoms with Gasteiger partial charge in [0.2, 0.25) is 0 Å². The average Bonchev–Trinajstić information content (AvgIpc) is 2.30. The van der Waals surface area contributed by atoms with Crippen molar-refractivity contribution < 1.29 is 0 Å². The van der Waals surface area contributed by atoms with Crippen molar-refractivity contribution in [2.75, 3.05) is 5.73 Å². The van der Waals surface area contributed by atoms with E-state index in [1.807, 2.05) is 12.1 Å². The number of nitrogen functional groups attached to an aromatic ring is 1. The first-order valence-electron chi connectivity index (χ1n) is 4.87. The molecule has 2 heteroatoms. The molecule has 0 radical (unpaired) electrons. The molecule has 2 rings (SSSR count). The molecule has 0 aromatic heterocycles. The third-order valence-electron chi connectivity index (χ3n) is 2.13. The standard InChI is InChI=1S/C13H13NSe/c14-12-6-8-13(9-7-12)15-10-11-4-2-1-3-5-11/h1-9H,10,14H2. The first kappa shape index (κ1) is 10.3. The van der Waals surface area contributed by atoms with Gasteiger partial charge >= 0.3 is 96.3 Å². The fraction of sp³-hybridized carbons (Fsp3) is 0.0769. The molecule has 1 nitrogen and oxygen atoms in total. The molecule has 0 aliphatic rings. The van der Waals surface area contributed by atoms with Crippen molar-refractivity contribution in [3.8, 4) is 0 Å². The van der Waals surface area contributed by atoms with Crippen LogP contribution >= 0.6 is 0 Å². The number of anilines is 1. The molecule has 2 aromatic rings.